The van der Waals surface area contributed by atoms with Crippen LogP contribution in [-0.2, 0) is 0 Å². The molecular formula is C11H15NO3. The quantitative estimate of drug-likeness (QED) is 0.730. The van der Waals surface area contributed by atoms with E-state index >= 15 is 0 Å². The molecule has 0 amide bonds. The Morgan fingerprint density at radius 2 is 2.33 bits per heavy atom. The second kappa shape index (κ2) is 4.79. The minimum Gasteiger partial charge on any atom is -0.475 e. The summed E-state index contributed by atoms with van der Waals surface area (Å²) in [4.78, 5) is 10.6. The molecule has 1 atom stereocenters. The van der Waals surface area contributed by atoms with Gasteiger partial charge in [-0.1, -0.05) is 12.2 Å². The molecule has 2 N–H and O–H groups in total. The first-order chi connectivity index (χ1) is 7.00. The van der Waals surface area contributed by atoms with Crippen molar-refractivity contribution in [1.82, 2.24) is 5.32 Å². The largest absolute Gasteiger partial charge is 0.475 e. The van der Waals surface area contributed by atoms with Gasteiger partial charge in [-0.2, -0.15) is 0 Å². The first-order valence-electron chi connectivity index (χ1n) is 4.71. The van der Waals surface area contributed by atoms with Gasteiger partial charge in [-0.15, -0.1) is 0 Å². The molecule has 0 saturated carbocycles. The highest BCUT2D eigenvalue weighted by Gasteiger charge is 2.13. The fourth-order valence-corrected chi connectivity index (χ4v) is 1.13. The SMILES string of the molecule is C=C(C)CNC(C)c1ccc(C(=O)O)o1. The molecule has 1 unspecified atom stereocenters. The van der Waals surface area contributed by atoms with Crippen LogP contribution in [0.3, 0.4) is 0 Å². The first kappa shape index (κ1) is 11.5. The third-order valence-electron chi connectivity index (χ3n) is 1.97. The Labute approximate surface area is 88.6 Å². The summed E-state index contributed by atoms with van der Waals surface area (Å²) in [6.07, 6.45) is 0. The van der Waals surface area contributed by atoms with Gasteiger partial charge in [0, 0.05) is 6.54 Å². The molecule has 1 rings (SSSR count). The first-order valence-corrected chi connectivity index (χ1v) is 4.71. The van der Waals surface area contributed by atoms with Gasteiger partial charge in [-0.3, -0.25) is 0 Å². The van der Waals surface area contributed by atoms with E-state index in [1.807, 2.05) is 13.8 Å². The summed E-state index contributed by atoms with van der Waals surface area (Å²) in [5, 5.41) is 11.8. The van der Waals surface area contributed by atoms with Gasteiger partial charge in [0.1, 0.15) is 5.76 Å². The number of aromatic carboxylic acids is 1. The average Bonchev–Trinajstić information content (AvgIpc) is 2.62. The minimum atomic E-state index is -1.05. The van der Waals surface area contributed by atoms with Crippen molar-refractivity contribution in [2.75, 3.05) is 6.54 Å². The zero-order valence-electron chi connectivity index (χ0n) is 8.91. The van der Waals surface area contributed by atoms with Crippen molar-refractivity contribution in [2.45, 2.75) is 19.9 Å². The molecule has 0 aliphatic carbocycles. The Bertz CT molecular complexity index is 368. The summed E-state index contributed by atoms with van der Waals surface area (Å²) in [7, 11) is 0. The highest BCUT2D eigenvalue weighted by molar-refractivity contribution is 5.84. The second-order valence-corrected chi connectivity index (χ2v) is 3.57. The number of carbonyl (C=O) groups is 1. The van der Waals surface area contributed by atoms with E-state index < -0.39 is 5.97 Å². The van der Waals surface area contributed by atoms with Crippen LogP contribution >= 0.6 is 0 Å². The number of hydrogen-bond acceptors (Lipinski definition) is 3. The van der Waals surface area contributed by atoms with Crippen molar-refractivity contribution in [2.24, 2.45) is 0 Å². The van der Waals surface area contributed by atoms with Gasteiger partial charge in [0.25, 0.3) is 0 Å². The Hall–Kier alpha value is -1.55. The molecular weight excluding hydrogens is 194 g/mol. The number of furan rings is 1. The molecule has 0 saturated heterocycles. The van der Waals surface area contributed by atoms with Crippen molar-refractivity contribution in [3.8, 4) is 0 Å². The zero-order valence-corrected chi connectivity index (χ0v) is 8.91. The number of carboxylic acids is 1. The molecule has 0 aliphatic rings. The lowest BCUT2D eigenvalue weighted by atomic mass is 10.2. The number of rotatable bonds is 5. The Morgan fingerprint density at radius 1 is 1.67 bits per heavy atom. The Kier molecular flexibility index (Phi) is 3.68. The predicted molar refractivity (Wildman–Crippen MR) is 56.9 cm³/mol. The summed E-state index contributed by atoms with van der Waals surface area (Å²) < 4.78 is 5.15. The lowest BCUT2D eigenvalue weighted by Gasteiger charge is -2.10. The minimum absolute atomic E-state index is 0.0187. The molecule has 0 radical (unpaired) electrons. The van der Waals surface area contributed by atoms with Crippen LogP contribution in [0.4, 0.5) is 0 Å². The van der Waals surface area contributed by atoms with Crippen LogP contribution in [0.2, 0.25) is 0 Å². The summed E-state index contributed by atoms with van der Waals surface area (Å²) in [5.74, 6) is -0.462. The lowest BCUT2D eigenvalue weighted by molar-refractivity contribution is 0.0659. The van der Waals surface area contributed by atoms with Gasteiger partial charge in [0.15, 0.2) is 0 Å². The fourth-order valence-electron chi connectivity index (χ4n) is 1.13. The third-order valence-corrected chi connectivity index (χ3v) is 1.97. The van der Waals surface area contributed by atoms with Crippen molar-refractivity contribution < 1.29 is 14.3 Å². The maximum absolute atomic E-state index is 10.6. The predicted octanol–water partition coefficient (Wildman–Crippen LogP) is 2.20. The van der Waals surface area contributed by atoms with Gasteiger partial charge in [0.05, 0.1) is 6.04 Å². The molecule has 1 aromatic rings. The van der Waals surface area contributed by atoms with Gasteiger partial charge >= 0.3 is 5.97 Å². The monoisotopic (exact) mass is 209 g/mol. The van der Waals surface area contributed by atoms with E-state index in [1.165, 1.54) is 6.07 Å². The van der Waals surface area contributed by atoms with Crippen LogP contribution in [0.5, 0.6) is 0 Å². The van der Waals surface area contributed by atoms with E-state index in [0.717, 1.165) is 5.57 Å². The zero-order chi connectivity index (χ0) is 11.4. The highest BCUT2D eigenvalue weighted by atomic mass is 16.4. The normalized spacial score (nSPS) is 12.4. The molecule has 15 heavy (non-hydrogen) atoms. The standard InChI is InChI=1S/C11H15NO3/c1-7(2)6-12-8(3)9-4-5-10(15-9)11(13)14/h4-5,8,12H,1,6H2,2-3H3,(H,13,14). The molecule has 0 bridgehead atoms. The van der Waals surface area contributed by atoms with Crippen molar-refractivity contribution >= 4 is 5.97 Å². The summed E-state index contributed by atoms with van der Waals surface area (Å²) in [5.41, 5.74) is 1.02. The molecule has 0 fully saturated rings. The molecule has 4 heteroatoms. The number of nitrogens with one attached hydrogen (secondary N) is 1. The number of hydrogen-bond donors (Lipinski definition) is 2. The highest BCUT2D eigenvalue weighted by Crippen LogP contribution is 2.16. The van der Waals surface area contributed by atoms with E-state index in [1.54, 1.807) is 6.07 Å². The van der Waals surface area contributed by atoms with Crippen LogP contribution in [0.25, 0.3) is 0 Å². The molecule has 4 nitrogen and oxygen atoms in total. The third kappa shape index (κ3) is 3.25. The van der Waals surface area contributed by atoms with Crippen LogP contribution < -0.4 is 5.32 Å². The van der Waals surface area contributed by atoms with Crippen molar-refractivity contribution in [1.29, 1.82) is 0 Å². The van der Waals surface area contributed by atoms with Gasteiger partial charge in [0.2, 0.25) is 5.76 Å². The maximum atomic E-state index is 10.6. The maximum Gasteiger partial charge on any atom is 0.371 e. The van der Waals surface area contributed by atoms with E-state index in [4.69, 9.17) is 9.52 Å². The summed E-state index contributed by atoms with van der Waals surface area (Å²) in [6.45, 7) is 8.28. The van der Waals surface area contributed by atoms with Crippen LogP contribution in [-0.4, -0.2) is 17.6 Å². The number of carboxylic acid groups (broad SMARTS) is 1. The van der Waals surface area contributed by atoms with E-state index in [0.29, 0.717) is 12.3 Å². The van der Waals surface area contributed by atoms with Crippen LogP contribution in [0, 0.1) is 0 Å². The molecule has 82 valence electrons. The van der Waals surface area contributed by atoms with Gasteiger partial charge in [-0.25, -0.2) is 4.79 Å². The molecule has 0 aromatic carbocycles. The van der Waals surface area contributed by atoms with E-state index in [-0.39, 0.29) is 11.8 Å². The van der Waals surface area contributed by atoms with Crippen LogP contribution in [0.15, 0.2) is 28.7 Å². The van der Waals surface area contributed by atoms with Crippen LogP contribution in [0.1, 0.15) is 36.2 Å². The van der Waals surface area contributed by atoms with Crippen molar-refractivity contribution in [3.05, 3.63) is 35.8 Å². The molecule has 0 spiro atoms. The Balaban J connectivity index is 2.61. The summed E-state index contributed by atoms with van der Waals surface area (Å²) >= 11 is 0. The second-order valence-electron chi connectivity index (χ2n) is 3.57. The lowest BCUT2D eigenvalue weighted by Crippen LogP contribution is -2.19. The van der Waals surface area contributed by atoms with Crippen molar-refractivity contribution in [3.63, 3.8) is 0 Å². The smallest absolute Gasteiger partial charge is 0.371 e. The van der Waals surface area contributed by atoms with Gasteiger partial charge in [-0.05, 0) is 26.0 Å². The van der Waals surface area contributed by atoms with E-state index in [9.17, 15) is 4.79 Å². The Morgan fingerprint density at radius 3 is 2.80 bits per heavy atom. The molecule has 1 heterocycles. The fraction of sp³-hybridized carbons (Fsp3) is 0.364. The molecule has 0 aliphatic heterocycles. The molecule has 1 aromatic heterocycles. The average molecular weight is 209 g/mol. The topological polar surface area (TPSA) is 62.5 Å². The van der Waals surface area contributed by atoms with E-state index in [2.05, 4.69) is 11.9 Å². The van der Waals surface area contributed by atoms with Gasteiger partial charge < -0.3 is 14.8 Å². The summed E-state index contributed by atoms with van der Waals surface area (Å²) in [6, 6.07) is 3.10.